The Bertz CT molecular complexity index is 1110. The van der Waals surface area contributed by atoms with Crippen molar-refractivity contribution in [1.29, 1.82) is 0 Å². The second kappa shape index (κ2) is 7.58. The van der Waals surface area contributed by atoms with Gasteiger partial charge in [0, 0.05) is 42.8 Å². The van der Waals surface area contributed by atoms with Gasteiger partial charge >= 0.3 is 0 Å². The summed E-state index contributed by atoms with van der Waals surface area (Å²) >= 11 is 4.78. The summed E-state index contributed by atoms with van der Waals surface area (Å²) in [5.41, 5.74) is 0.303. The van der Waals surface area contributed by atoms with Gasteiger partial charge in [-0.1, -0.05) is 0 Å². The van der Waals surface area contributed by atoms with Crippen molar-refractivity contribution < 1.29 is 12.8 Å². The second-order valence-corrected chi connectivity index (χ2v) is 10.6. The van der Waals surface area contributed by atoms with Gasteiger partial charge in [0.25, 0.3) is 10.0 Å². The normalized spacial score (nSPS) is 15.9. The monoisotopic (exact) mass is 484 g/mol. The highest BCUT2D eigenvalue weighted by atomic mass is 79.9. The molecule has 3 heterocycles. The Balaban J connectivity index is 1.80. The van der Waals surface area contributed by atoms with E-state index in [0.717, 1.165) is 30.9 Å². The SMILES string of the molecule is CN1CCN(c2nccc3sc(Br)c(S(=O)(=O)Nc4ccc(F)cc4)c23)CC1. The van der Waals surface area contributed by atoms with Crippen LogP contribution in [0.4, 0.5) is 15.9 Å². The lowest BCUT2D eigenvalue weighted by Gasteiger charge is -2.33. The number of sulfonamides is 1. The number of piperazine rings is 1. The lowest BCUT2D eigenvalue weighted by molar-refractivity contribution is 0.312. The first kappa shape index (κ1) is 19.6. The van der Waals surface area contributed by atoms with E-state index in [9.17, 15) is 12.8 Å². The third-order valence-electron chi connectivity index (χ3n) is 4.67. The minimum absolute atomic E-state index is 0.166. The minimum atomic E-state index is -3.90. The Morgan fingerprint density at radius 3 is 2.50 bits per heavy atom. The molecule has 0 radical (unpaired) electrons. The van der Waals surface area contributed by atoms with Gasteiger partial charge in [0.05, 0.1) is 9.17 Å². The van der Waals surface area contributed by atoms with E-state index < -0.39 is 15.8 Å². The van der Waals surface area contributed by atoms with E-state index in [4.69, 9.17) is 0 Å². The summed E-state index contributed by atoms with van der Waals surface area (Å²) in [6, 6.07) is 7.05. The smallest absolute Gasteiger partial charge is 0.264 e. The topological polar surface area (TPSA) is 65.5 Å². The first-order chi connectivity index (χ1) is 13.3. The van der Waals surface area contributed by atoms with Crippen LogP contribution in [0.2, 0.25) is 0 Å². The van der Waals surface area contributed by atoms with Crippen molar-refractivity contribution in [2.75, 3.05) is 42.8 Å². The molecule has 1 aliphatic heterocycles. The zero-order valence-electron chi connectivity index (χ0n) is 15.0. The number of thiophene rings is 1. The van der Waals surface area contributed by atoms with Gasteiger partial charge in [-0.3, -0.25) is 4.72 Å². The first-order valence-electron chi connectivity index (χ1n) is 8.64. The Labute approximate surface area is 175 Å². The third-order valence-corrected chi connectivity index (χ3v) is 8.33. The van der Waals surface area contributed by atoms with Gasteiger partial charge in [-0.2, -0.15) is 0 Å². The number of likely N-dealkylation sites (N-methyl/N-ethyl adjacent to an activating group) is 1. The van der Waals surface area contributed by atoms with Crippen molar-refractivity contribution in [3.05, 3.63) is 46.1 Å². The van der Waals surface area contributed by atoms with Crippen LogP contribution in [-0.2, 0) is 10.0 Å². The molecule has 6 nitrogen and oxygen atoms in total. The summed E-state index contributed by atoms with van der Waals surface area (Å²) in [5, 5.41) is 0.610. The van der Waals surface area contributed by atoms with Crippen LogP contribution in [0, 0.1) is 5.82 Å². The number of halogens is 2. The summed E-state index contributed by atoms with van der Waals surface area (Å²) in [4.78, 5) is 9.03. The van der Waals surface area contributed by atoms with Crippen LogP contribution in [0.15, 0.2) is 45.2 Å². The molecule has 0 aliphatic carbocycles. The van der Waals surface area contributed by atoms with Crippen LogP contribution < -0.4 is 9.62 Å². The lowest BCUT2D eigenvalue weighted by Crippen LogP contribution is -2.44. The summed E-state index contributed by atoms with van der Waals surface area (Å²) in [6.07, 6.45) is 1.71. The third kappa shape index (κ3) is 3.73. The number of aromatic nitrogens is 1. The molecule has 10 heteroatoms. The molecule has 3 aromatic rings. The molecule has 0 unspecified atom stereocenters. The number of hydrogen-bond acceptors (Lipinski definition) is 6. The van der Waals surface area contributed by atoms with E-state index in [1.807, 2.05) is 6.07 Å². The van der Waals surface area contributed by atoms with Crippen molar-refractivity contribution in [3.8, 4) is 0 Å². The predicted octanol–water partition coefficient (Wildman–Crippen LogP) is 3.75. The van der Waals surface area contributed by atoms with E-state index in [1.165, 1.54) is 35.6 Å². The molecule has 1 N–H and O–H groups in total. The van der Waals surface area contributed by atoms with Crippen molar-refractivity contribution in [1.82, 2.24) is 9.88 Å². The number of fused-ring (bicyclic) bond motifs is 1. The Hall–Kier alpha value is -1.75. The fraction of sp³-hybridized carbons (Fsp3) is 0.278. The van der Waals surface area contributed by atoms with E-state index in [2.05, 4.69) is 42.5 Å². The maximum atomic E-state index is 13.2. The largest absolute Gasteiger partial charge is 0.353 e. The fourth-order valence-electron chi connectivity index (χ4n) is 3.20. The molecule has 1 aliphatic rings. The molecular weight excluding hydrogens is 467 g/mol. The first-order valence-corrected chi connectivity index (χ1v) is 11.7. The number of nitrogens with one attached hydrogen (secondary N) is 1. The lowest BCUT2D eigenvalue weighted by atomic mass is 10.2. The number of anilines is 2. The average molecular weight is 485 g/mol. The van der Waals surface area contributed by atoms with Crippen LogP contribution >= 0.6 is 27.3 Å². The molecule has 0 saturated carbocycles. The van der Waals surface area contributed by atoms with Crippen LogP contribution in [-0.4, -0.2) is 51.5 Å². The molecule has 0 amide bonds. The maximum Gasteiger partial charge on any atom is 0.264 e. The minimum Gasteiger partial charge on any atom is -0.353 e. The Morgan fingerprint density at radius 2 is 1.82 bits per heavy atom. The van der Waals surface area contributed by atoms with Crippen LogP contribution in [0.3, 0.4) is 0 Å². The van der Waals surface area contributed by atoms with Crippen LogP contribution in [0.5, 0.6) is 0 Å². The molecule has 1 saturated heterocycles. The summed E-state index contributed by atoms with van der Waals surface area (Å²) in [5.74, 6) is 0.249. The highest BCUT2D eigenvalue weighted by Gasteiger charge is 2.28. The van der Waals surface area contributed by atoms with Crippen molar-refractivity contribution >= 4 is 58.9 Å². The van der Waals surface area contributed by atoms with Gasteiger partial charge < -0.3 is 9.80 Å². The molecule has 0 atom stereocenters. The van der Waals surface area contributed by atoms with E-state index in [0.29, 0.717) is 20.7 Å². The van der Waals surface area contributed by atoms with E-state index in [-0.39, 0.29) is 4.90 Å². The number of hydrogen-bond donors (Lipinski definition) is 1. The van der Waals surface area contributed by atoms with Gasteiger partial charge in [-0.15, -0.1) is 11.3 Å². The maximum absolute atomic E-state index is 13.2. The molecule has 4 rings (SSSR count). The zero-order valence-corrected chi connectivity index (χ0v) is 18.2. The molecule has 148 valence electrons. The molecule has 1 aromatic carbocycles. The van der Waals surface area contributed by atoms with E-state index >= 15 is 0 Å². The molecule has 0 bridgehead atoms. The second-order valence-electron chi connectivity index (χ2n) is 6.62. The van der Waals surface area contributed by atoms with Gasteiger partial charge in [0.2, 0.25) is 0 Å². The number of pyridine rings is 1. The Morgan fingerprint density at radius 1 is 1.14 bits per heavy atom. The van der Waals surface area contributed by atoms with Crippen LogP contribution in [0.25, 0.3) is 10.1 Å². The number of nitrogens with zero attached hydrogens (tertiary/aromatic N) is 3. The van der Waals surface area contributed by atoms with Gasteiger partial charge in [-0.05, 0) is 53.3 Å². The van der Waals surface area contributed by atoms with Gasteiger partial charge in [0.1, 0.15) is 16.5 Å². The average Bonchev–Trinajstić information content (AvgIpc) is 3.01. The van der Waals surface area contributed by atoms with Crippen molar-refractivity contribution in [2.45, 2.75) is 4.90 Å². The number of rotatable bonds is 4. The molecule has 1 fully saturated rings. The fourth-order valence-corrected chi connectivity index (χ4v) is 7.12. The summed E-state index contributed by atoms with van der Waals surface area (Å²) in [7, 11) is -1.83. The quantitative estimate of drug-likeness (QED) is 0.610. The van der Waals surface area contributed by atoms with Crippen LogP contribution in [0.1, 0.15) is 0 Å². The van der Waals surface area contributed by atoms with Gasteiger partial charge in [0.15, 0.2) is 0 Å². The summed E-state index contributed by atoms with van der Waals surface area (Å²) < 4.78 is 43.4. The van der Waals surface area contributed by atoms with Crippen molar-refractivity contribution in [3.63, 3.8) is 0 Å². The molecule has 0 spiro atoms. The number of benzene rings is 1. The molecular formula is C18H18BrFN4O2S2. The molecule has 28 heavy (non-hydrogen) atoms. The van der Waals surface area contributed by atoms with E-state index in [1.54, 1.807) is 6.20 Å². The van der Waals surface area contributed by atoms with Gasteiger partial charge in [-0.25, -0.2) is 17.8 Å². The highest BCUT2D eigenvalue weighted by Crippen LogP contribution is 2.43. The Kier molecular flexibility index (Phi) is 5.30. The predicted molar refractivity (Wildman–Crippen MR) is 114 cm³/mol. The highest BCUT2D eigenvalue weighted by molar-refractivity contribution is 9.11. The van der Waals surface area contributed by atoms with Crippen molar-refractivity contribution in [2.24, 2.45) is 0 Å². The standard InChI is InChI=1S/C18H18BrFN4O2S2/c1-23-8-10-24(11-9-23)18-15-14(6-7-21-18)27-17(19)16(15)28(25,26)22-13-4-2-12(20)3-5-13/h2-7,22H,8-11H2,1H3. The molecule has 2 aromatic heterocycles. The zero-order chi connectivity index (χ0) is 19.9. The summed E-state index contributed by atoms with van der Waals surface area (Å²) in [6.45, 7) is 3.33.